The van der Waals surface area contributed by atoms with Crippen LogP contribution in [0.2, 0.25) is 0 Å². The van der Waals surface area contributed by atoms with Gasteiger partial charge in [0.1, 0.15) is 0 Å². The predicted octanol–water partition coefficient (Wildman–Crippen LogP) is 2.72. The lowest BCUT2D eigenvalue weighted by atomic mass is 10.0. The Morgan fingerprint density at radius 1 is 1.33 bits per heavy atom. The Labute approximate surface area is 111 Å². The van der Waals surface area contributed by atoms with Crippen LogP contribution in [0, 0.1) is 6.92 Å². The number of fused-ring (bicyclic) bond motifs is 1. The zero-order valence-corrected chi connectivity index (χ0v) is 11.6. The van der Waals surface area contributed by atoms with E-state index in [9.17, 15) is 0 Å². The van der Waals surface area contributed by atoms with E-state index in [1.54, 1.807) is 11.3 Å². The Bertz CT molecular complexity index is 557. The van der Waals surface area contributed by atoms with Crippen molar-refractivity contribution in [2.75, 3.05) is 6.54 Å². The van der Waals surface area contributed by atoms with Crippen LogP contribution in [0.5, 0.6) is 0 Å². The van der Waals surface area contributed by atoms with Crippen LogP contribution in [0.3, 0.4) is 0 Å². The quantitative estimate of drug-likeness (QED) is 0.901. The summed E-state index contributed by atoms with van der Waals surface area (Å²) in [7, 11) is 0. The van der Waals surface area contributed by atoms with Crippen LogP contribution in [-0.2, 0) is 19.4 Å². The van der Waals surface area contributed by atoms with Crippen LogP contribution in [0.1, 0.15) is 29.4 Å². The Hall–Kier alpha value is -1.26. The highest BCUT2D eigenvalue weighted by atomic mass is 32.1. The van der Waals surface area contributed by atoms with Crippen LogP contribution in [0.15, 0.2) is 10.8 Å². The number of aromatic nitrogens is 2. The van der Waals surface area contributed by atoms with Crippen LogP contribution in [0.4, 0.5) is 0 Å². The summed E-state index contributed by atoms with van der Waals surface area (Å²) in [5, 5.41) is 7.69. The van der Waals surface area contributed by atoms with Crippen molar-refractivity contribution in [1.82, 2.24) is 15.3 Å². The molecule has 94 valence electrons. The summed E-state index contributed by atoms with van der Waals surface area (Å²) in [5.74, 6) is 0.896. The summed E-state index contributed by atoms with van der Waals surface area (Å²) in [6.07, 6.45) is 2.04. The molecule has 3 nitrogen and oxygen atoms in total. The minimum absolute atomic E-state index is 0.876. The third kappa shape index (κ3) is 1.95. The van der Waals surface area contributed by atoms with Crippen LogP contribution < -0.4 is 5.32 Å². The van der Waals surface area contributed by atoms with E-state index in [2.05, 4.69) is 29.9 Å². The van der Waals surface area contributed by atoms with Crippen LogP contribution in [0.25, 0.3) is 11.4 Å². The van der Waals surface area contributed by atoms with Gasteiger partial charge in [-0.25, -0.2) is 9.97 Å². The van der Waals surface area contributed by atoms with E-state index in [-0.39, 0.29) is 0 Å². The van der Waals surface area contributed by atoms with Crippen molar-refractivity contribution < 1.29 is 0 Å². The molecule has 0 aliphatic carbocycles. The fourth-order valence-corrected chi connectivity index (χ4v) is 3.27. The Balaban J connectivity index is 2.14. The third-order valence-electron chi connectivity index (χ3n) is 3.45. The molecule has 0 saturated heterocycles. The second kappa shape index (κ2) is 4.78. The largest absolute Gasteiger partial charge is 0.311 e. The number of nitrogens with zero attached hydrogens (tertiary/aromatic N) is 2. The van der Waals surface area contributed by atoms with Gasteiger partial charge in [0.05, 0.1) is 5.69 Å². The van der Waals surface area contributed by atoms with Gasteiger partial charge in [-0.3, -0.25) is 0 Å². The van der Waals surface area contributed by atoms with Crippen molar-refractivity contribution in [1.29, 1.82) is 0 Å². The van der Waals surface area contributed by atoms with Crippen LogP contribution >= 0.6 is 11.3 Å². The summed E-state index contributed by atoms with van der Waals surface area (Å²) in [5.41, 5.74) is 6.23. The third-order valence-corrected chi connectivity index (χ3v) is 4.32. The molecule has 0 bridgehead atoms. The number of hydrogen-bond acceptors (Lipinski definition) is 4. The molecule has 0 radical (unpaired) electrons. The average molecular weight is 259 g/mol. The smallest absolute Gasteiger partial charge is 0.160 e. The van der Waals surface area contributed by atoms with Gasteiger partial charge in [-0.15, -0.1) is 0 Å². The van der Waals surface area contributed by atoms with Crippen molar-refractivity contribution in [3.63, 3.8) is 0 Å². The number of nitrogens with one attached hydrogen (secondary N) is 1. The van der Waals surface area contributed by atoms with Gasteiger partial charge in [-0.2, -0.15) is 11.3 Å². The maximum absolute atomic E-state index is 4.78. The van der Waals surface area contributed by atoms with Gasteiger partial charge in [0.25, 0.3) is 0 Å². The van der Waals surface area contributed by atoms with Gasteiger partial charge in [0.15, 0.2) is 5.82 Å². The van der Waals surface area contributed by atoms with Crippen molar-refractivity contribution in [3.8, 4) is 11.4 Å². The molecule has 1 N–H and O–H groups in total. The maximum Gasteiger partial charge on any atom is 0.160 e. The SMILES string of the molecule is CCc1nc(-c2cscc2C)nc2c1CCNC2. The first-order valence-corrected chi connectivity index (χ1v) is 7.36. The fraction of sp³-hybridized carbons (Fsp3) is 0.429. The normalized spacial score (nSPS) is 14.6. The highest BCUT2D eigenvalue weighted by molar-refractivity contribution is 7.08. The molecule has 0 unspecified atom stereocenters. The Kier molecular flexibility index (Phi) is 3.14. The molecule has 0 amide bonds. The molecule has 4 heteroatoms. The van der Waals surface area contributed by atoms with Crippen molar-refractivity contribution >= 4 is 11.3 Å². The standard InChI is InChI=1S/C14H17N3S/c1-3-12-10-4-5-15-6-13(10)17-14(16-12)11-8-18-7-9(11)2/h7-8,15H,3-6H2,1-2H3. The molecular formula is C14H17N3S. The fourth-order valence-electron chi connectivity index (χ4n) is 2.44. The van der Waals surface area contributed by atoms with E-state index in [0.717, 1.165) is 31.8 Å². The zero-order chi connectivity index (χ0) is 12.5. The number of thiophene rings is 1. The first-order valence-electron chi connectivity index (χ1n) is 6.42. The van der Waals surface area contributed by atoms with Crippen LogP contribution in [-0.4, -0.2) is 16.5 Å². The molecule has 3 rings (SSSR count). The molecular weight excluding hydrogens is 242 g/mol. The van der Waals surface area contributed by atoms with E-state index >= 15 is 0 Å². The van der Waals surface area contributed by atoms with Gasteiger partial charge < -0.3 is 5.32 Å². The first kappa shape index (κ1) is 11.8. The summed E-state index contributed by atoms with van der Waals surface area (Å²) in [6, 6.07) is 0. The Morgan fingerprint density at radius 2 is 2.22 bits per heavy atom. The summed E-state index contributed by atoms with van der Waals surface area (Å²) < 4.78 is 0. The first-order chi connectivity index (χ1) is 8.79. The van der Waals surface area contributed by atoms with Crippen molar-refractivity contribution in [2.45, 2.75) is 33.2 Å². The molecule has 0 spiro atoms. The molecule has 2 aromatic heterocycles. The van der Waals surface area contributed by atoms with E-state index in [4.69, 9.17) is 9.97 Å². The zero-order valence-electron chi connectivity index (χ0n) is 10.8. The number of aryl methyl sites for hydroxylation is 2. The second-order valence-corrected chi connectivity index (χ2v) is 5.41. The molecule has 2 aromatic rings. The molecule has 1 aliphatic heterocycles. The van der Waals surface area contributed by atoms with Gasteiger partial charge in [-0.1, -0.05) is 6.92 Å². The molecule has 0 atom stereocenters. The molecule has 18 heavy (non-hydrogen) atoms. The lowest BCUT2D eigenvalue weighted by Crippen LogP contribution is -2.26. The van der Waals surface area contributed by atoms with Gasteiger partial charge in [0, 0.05) is 23.2 Å². The van der Waals surface area contributed by atoms with Crippen molar-refractivity contribution in [3.05, 3.63) is 33.3 Å². The van der Waals surface area contributed by atoms with Gasteiger partial charge in [0.2, 0.25) is 0 Å². The highest BCUT2D eigenvalue weighted by Gasteiger charge is 2.17. The molecule has 3 heterocycles. The van der Waals surface area contributed by atoms with Crippen molar-refractivity contribution in [2.24, 2.45) is 0 Å². The molecule has 0 fully saturated rings. The monoisotopic (exact) mass is 259 g/mol. The van der Waals surface area contributed by atoms with Gasteiger partial charge >= 0.3 is 0 Å². The Morgan fingerprint density at radius 3 is 2.94 bits per heavy atom. The number of rotatable bonds is 2. The molecule has 0 aromatic carbocycles. The topological polar surface area (TPSA) is 37.8 Å². The predicted molar refractivity (Wildman–Crippen MR) is 74.9 cm³/mol. The van der Waals surface area contributed by atoms with E-state index < -0.39 is 0 Å². The lowest BCUT2D eigenvalue weighted by Gasteiger charge is -2.19. The molecule has 0 saturated carbocycles. The molecule has 1 aliphatic rings. The maximum atomic E-state index is 4.78. The van der Waals surface area contributed by atoms with E-state index in [1.165, 1.54) is 28.1 Å². The minimum atomic E-state index is 0.876. The average Bonchev–Trinajstić information content (AvgIpc) is 2.83. The lowest BCUT2D eigenvalue weighted by molar-refractivity contribution is 0.617. The van der Waals surface area contributed by atoms with E-state index in [1.807, 2.05) is 0 Å². The minimum Gasteiger partial charge on any atom is -0.311 e. The summed E-state index contributed by atoms with van der Waals surface area (Å²) in [6.45, 7) is 6.22. The summed E-state index contributed by atoms with van der Waals surface area (Å²) in [4.78, 5) is 9.53. The second-order valence-electron chi connectivity index (χ2n) is 4.67. The van der Waals surface area contributed by atoms with Gasteiger partial charge in [-0.05, 0) is 42.8 Å². The van der Waals surface area contributed by atoms with E-state index in [0.29, 0.717) is 0 Å². The number of hydrogen-bond donors (Lipinski definition) is 1. The highest BCUT2D eigenvalue weighted by Crippen LogP contribution is 2.26. The summed E-state index contributed by atoms with van der Waals surface area (Å²) >= 11 is 1.72.